The van der Waals surface area contributed by atoms with Crippen molar-refractivity contribution in [1.29, 1.82) is 0 Å². The maximum Gasteiger partial charge on any atom is 0.258 e. The Morgan fingerprint density at radius 2 is 2.18 bits per heavy atom. The molecule has 1 saturated carbocycles. The van der Waals surface area contributed by atoms with E-state index in [0.717, 1.165) is 24.7 Å². The third-order valence-electron chi connectivity index (χ3n) is 3.20. The summed E-state index contributed by atoms with van der Waals surface area (Å²) >= 11 is 6.69. The van der Waals surface area contributed by atoms with E-state index in [1.165, 1.54) is 19.1 Å². The van der Waals surface area contributed by atoms with Crippen molar-refractivity contribution in [2.75, 3.05) is 11.9 Å². The van der Waals surface area contributed by atoms with Crippen LogP contribution in [0.1, 0.15) is 36.0 Å². The van der Waals surface area contributed by atoms with E-state index in [0.29, 0.717) is 16.3 Å². The van der Waals surface area contributed by atoms with Gasteiger partial charge in [-0.3, -0.25) is 4.79 Å². The van der Waals surface area contributed by atoms with Crippen LogP contribution < -0.4 is 0 Å². The van der Waals surface area contributed by atoms with Crippen molar-refractivity contribution in [3.8, 4) is 0 Å². The normalized spacial score (nSPS) is 16.4. The third kappa shape index (κ3) is 2.94. The summed E-state index contributed by atoms with van der Waals surface area (Å²) in [4.78, 5) is 14.4. The number of carbonyl (C=O) groups excluding carboxylic acids is 1. The summed E-state index contributed by atoms with van der Waals surface area (Å²) in [6.45, 7) is 0.751. The van der Waals surface area contributed by atoms with Crippen LogP contribution in [0.25, 0.3) is 0 Å². The van der Waals surface area contributed by atoms with Gasteiger partial charge in [0, 0.05) is 17.9 Å². The zero-order chi connectivity index (χ0) is 12.3. The van der Waals surface area contributed by atoms with Crippen LogP contribution in [-0.2, 0) is 0 Å². The quantitative estimate of drug-likeness (QED) is 0.761. The highest BCUT2D eigenvalue weighted by Crippen LogP contribution is 2.27. The summed E-state index contributed by atoms with van der Waals surface area (Å²) in [5, 5.41) is 0.810. The minimum absolute atomic E-state index is 0.0666. The summed E-state index contributed by atoms with van der Waals surface area (Å²) in [6, 6.07) is 2.12. The first-order valence-corrected chi connectivity index (χ1v) is 7.75. The Bertz CT molecular complexity index is 386. The molecule has 0 unspecified atom stereocenters. The number of carbonyl (C=O) groups is 1. The molecule has 17 heavy (non-hydrogen) atoms. The van der Waals surface area contributed by atoms with Crippen LogP contribution in [0.15, 0.2) is 21.4 Å². The molecule has 94 valence electrons. The number of nitrogens with zero attached hydrogens (tertiary/aromatic N) is 1. The molecule has 3 nitrogen and oxygen atoms in total. The first-order chi connectivity index (χ1) is 8.24. The van der Waals surface area contributed by atoms with Gasteiger partial charge in [0.1, 0.15) is 0 Å². The van der Waals surface area contributed by atoms with Gasteiger partial charge >= 0.3 is 0 Å². The monoisotopic (exact) mass is 363 g/mol. The number of halogens is 2. The fourth-order valence-corrected chi connectivity index (χ4v) is 3.15. The Hall–Kier alpha value is -0.290. The molecule has 1 fully saturated rings. The van der Waals surface area contributed by atoms with E-state index in [1.54, 1.807) is 6.07 Å². The molecule has 0 aromatic carbocycles. The number of alkyl halides is 1. The second kappa shape index (κ2) is 6.05. The van der Waals surface area contributed by atoms with Gasteiger partial charge in [0.15, 0.2) is 4.67 Å². The van der Waals surface area contributed by atoms with Gasteiger partial charge in [-0.1, -0.05) is 28.8 Å². The standard InChI is InChI=1S/C12H15Br2NO2/c13-6-7-15(9-3-1-2-4-9)12(16)10-5-8-17-11(10)14/h5,8-9H,1-4,6-7H2. The van der Waals surface area contributed by atoms with E-state index in [-0.39, 0.29) is 5.91 Å². The molecule has 0 bridgehead atoms. The highest BCUT2D eigenvalue weighted by molar-refractivity contribution is 9.10. The Morgan fingerprint density at radius 1 is 1.47 bits per heavy atom. The smallest absolute Gasteiger partial charge is 0.258 e. The van der Waals surface area contributed by atoms with Gasteiger partial charge in [-0.2, -0.15) is 0 Å². The lowest BCUT2D eigenvalue weighted by molar-refractivity contribution is 0.0694. The van der Waals surface area contributed by atoms with Gasteiger partial charge in [0.25, 0.3) is 5.91 Å². The molecule has 0 radical (unpaired) electrons. The molecular formula is C12H15Br2NO2. The first kappa shape index (κ1) is 13.1. The van der Waals surface area contributed by atoms with Crippen molar-refractivity contribution < 1.29 is 9.21 Å². The van der Waals surface area contributed by atoms with Crippen LogP contribution in [0.5, 0.6) is 0 Å². The molecule has 1 aromatic rings. The van der Waals surface area contributed by atoms with Crippen molar-refractivity contribution in [2.45, 2.75) is 31.7 Å². The minimum Gasteiger partial charge on any atom is -0.457 e. The lowest BCUT2D eigenvalue weighted by Gasteiger charge is -2.28. The molecule has 2 rings (SSSR count). The molecule has 0 atom stereocenters. The fraction of sp³-hybridized carbons (Fsp3) is 0.583. The topological polar surface area (TPSA) is 33.5 Å². The van der Waals surface area contributed by atoms with Gasteiger partial charge in [-0.25, -0.2) is 0 Å². The van der Waals surface area contributed by atoms with E-state index in [9.17, 15) is 4.79 Å². The third-order valence-corrected chi connectivity index (χ3v) is 4.17. The average Bonchev–Trinajstić information content (AvgIpc) is 2.95. The number of hydrogen-bond acceptors (Lipinski definition) is 2. The maximum atomic E-state index is 12.4. The van der Waals surface area contributed by atoms with E-state index < -0.39 is 0 Å². The molecule has 1 aromatic heterocycles. The van der Waals surface area contributed by atoms with Gasteiger partial charge < -0.3 is 9.32 Å². The Labute approximate surface area is 118 Å². The highest BCUT2D eigenvalue weighted by atomic mass is 79.9. The van der Waals surface area contributed by atoms with Gasteiger partial charge in [-0.15, -0.1) is 0 Å². The lowest BCUT2D eigenvalue weighted by Crippen LogP contribution is -2.40. The SMILES string of the molecule is O=C(c1ccoc1Br)N(CCBr)C1CCCC1. The summed E-state index contributed by atoms with van der Waals surface area (Å²) in [5.74, 6) is 0.0666. The van der Waals surface area contributed by atoms with Gasteiger partial charge in [0.05, 0.1) is 11.8 Å². The van der Waals surface area contributed by atoms with Crippen LogP contribution >= 0.6 is 31.9 Å². The number of furan rings is 1. The fourth-order valence-electron chi connectivity index (χ4n) is 2.36. The van der Waals surface area contributed by atoms with Crippen LogP contribution in [0.2, 0.25) is 0 Å². The number of hydrogen-bond donors (Lipinski definition) is 0. The molecule has 1 heterocycles. The molecule has 5 heteroatoms. The van der Waals surface area contributed by atoms with Crippen LogP contribution in [0, 0.1) is 0 Å². The molecule has 0 aliphatic heterocycles. The first-order valence-electron chi connectivity index (χ1n) is 5.84. The molecule has 1 aliphatic carbocycles. The molecule has 1 amide bonds. The summed E-state index contributed by atoms with van der Waals surface area (Å²) in [7, 11) is 0. The van der Waals surface area contributed by atoms with Crippen molar-refractivity contribution in [2.24, 2.45) is 0 Å². The van der Waals surface area contributed by atoms with Crippen LogP contribution in [-0.4, -0.2) is 28.7 Å². The summed E-state index contributed by atoms with van der Waals surface area (Å²) in [6.07, 6.45) is 6.23. The minimum atomic E-state index is 0.0666. The summed E-state index contributed by atoms with van der Waals surface area (Å²) < 4.78 is 5.66. The Morgan fingerprint density at radius 3 is 2.71 bits per heavy atom. The van der Waals surface area contributed by atoms with Crippen molar-refractivity contribution in [3.05, 3.63) is 22.6 Å². The average molecular weight is 365 g/mol. The Balaban J connectivity index is 2.15. The summed E-state index contributed by atoms with van der Waals surface area (Å²) in [5.41, 5.74) is 0.623. The van der Waals surface area contributed by atoms with Gasteiger partial charge in [0.2, 0.25) is 0 Å². The van der Waals surface area contributed by atoms with E-state index in [4.69, 9.17) is 4.42 Å². The lowest BCUT2D eigenvalue weighted by atomic mass is 10.2. The van der Waals surface area contributed by atoms with E-state index in [2.05, 4.69) is 31.9 Å². The molecule has 1 aliphatic rings. The molecule has 0 N–H and O–H groups in total. The molecule has 0 saturated heterocycles. The van der Waals surface area contributed by atoms with E-state index in [1.807, 2.05) is 4.90 Å². The maximum absolute atomic E-state index is 12.4. The number of rotatable bonds is 4. The van der Waals surface area contributed by atoms with Crippen LogP contribution in [0.3, 0.4) is 0 Å². The zero-order valence-corrected chi connectivity index (χ0v) is 12.7. The second-order valence-corrected chi connectivity index (χ2v) is 5.75. The van der Waals surface area contributed by atoms with E-state index >= 15 is 0 Å². The molecule has 0 spiro atoms. The van der Waals surface area contributed by atoms with Crippen LogP contribution in [0.4, 0.5) is 0 Å². The molecular weight excluding hydrogens is 350 g/mol. The van der Waals surface area contributed by atoms with Gasteiger partial charge in [-0.05, 0) is 34.8 Å². The van der Waals surface area contributed by atoms with Crippen molar-refractivity contribution >= 4 is 37.8 Å². The Kier molecular flexibility index (Phi) is 4.68. The predicted molar refractivity (Wildman–Crippen MR) is 73.5 cm³/mol. The highest BCUT2D eigenvalue weighted by Gasteiger charge is 2.28. The zero-order valence-electron chi connectivity index (χ0n) is 9.49. The second-order valence-electron chi connectivity index (χ2n) is 4.23. The number of amides is 1. The van der Waals surface area contributed by atoms with Crippen molar-refractivity contribution in [3.63, 3.8) is 0 Å². The van der Waals surface area contributed by atoms with Crippen molar-refractivity contribution in [1.82, 2.24) is 4.90 Å². The largest absolute Gasteiger partial charge is 0.457 e. The predicted octanol–water partition coefficient (Wildman–Crippen LogP) is 3.82.